The third-order valence-corrected chi connectivity index (χ3v) is 4.90. The fraction of sp³-hybridized carbons (Fsp3) is 0.174. The number of nitrogens with two attached hydrogens (primary N) is 1. The van der Waals surface area contributed by atoms with E-state index in [1.54, 1.807) is 47.2 Å². The van der Waals surface area contributed by atoms with Crippen LogP contribution in [-0.4, -0.2) is 39.4 Å². The molecule has 3 N–H and O–H groups in total. The molecule has 0 unspecified atom stereocenters. The number of imidazole rings is 1. The van der Waals surface area contributed by atoms with E-state index in [2.05, 4.69) is 20.1 Å². The van der Waals surface area contributed by atoms with Crippen molar-refractivity contribution >= 4 is 17.0 Å². The number of hydrogen-bond acceptors (Lipinski definition) is 7. The summed E-state index contributed by atoms with van der Waals surface area (Å²) in [6.07, 6.45) is 2.54. The molecule has 0 aliphatic carbocycles. The van der Waals surface area contributed by atoms with Crippen molar-refractivity contribution in [1.82, 2.24) is 34.3 Å². The lowest BCUT2D eigenvalue weighted by Gasteiger charge is -2.11. The molecule has 0 saturated carbocycles. The Hall–Kier alpha value is -4.25. The molecular formula is C23H22F2N8O. The van der Waals surface area contributed by atoms with Crippen molar-refractivity contribution in [3.63, 3.8) is 0 Å². The van der Waals surface area contributed by atoms with Crippen LogP contribution in [0.15, 0.2) is 61.1 Å². The number of nitrogens with zero attached hydrogens (tertiary/aromatic N) is 7. The first-order valence-corrected chi connectivity index (χ1v) is 10.6. The molecule has 0 atom stereocenters. The van der Waals surface area contributed by atoms with Gasteiger partial charge in [-0.05, 0) is 42.0 Å². The zero-order valence-corrected chi connectivity index (χ0v) is 18.5. The smallest absolute Gasteiger partial charge is 0.334 e. The van der Waals surface area contributed by atoms with Crippen LogP contribution >= 0.6 is 0 Å². The van der Waals surface area contributed by atoms with Gasteiger partial charge in [0, 0.05) is 11.9 Å². The Morgan fingerprint density at radius 2 is 1.76 bits per heavy atom. The van der Waals surface area contributed by atoms with Gasteiger partial charge >= 0.3 is 6.55 Å². The molecule has 4 aromatic heterocycles. The van der Waals surface area contributed by atoms with Crippen molar-refractivity contribution in [1.29, 1.82) is 0 Å². The average molecular weight is 464 g/mol. The van der Waals surface area contributed by atoms with Crippen LogP contribution in [0.25, 0.3) is 39.8 Å². The topological polar surface area (TPSA) is 121 Å². The highest BCUT2D eigenvalue weighted by Crippen LogP contribution is 2.31. The summed E-state index contributed by atoms with van der Waals surface area (Å²) in [6.45, 7) is 1.12. The quantitative estimate of drug-likeness (QED) is 0.399. The van der Waals surface area contributed by atoms with Gasteiger partial charge in [-0.1, -0.05) is 26.0 Å². The molecule has 0 saturated heterocycles. The average Bonchev–Trinajstić information content (AvgIpc) is 3.51. The summed E-state index contributed by atoms with van der Waals surface area (Å²) in [5, 5.41) is 13.2. The number of nitrogen functional groups attached to an aromatic ring is 1. The summed E-state index contributed by atoms with van der Waals surface area (Å²) in [7, 11) is 0. The van der Waals surface area contributed by atoms with Gasteiger partial charge in [0.25, 0.3) is 0 Å². The van der Waals surface area contributed by atoms with Crippen molar-refractivity contribution < 1.29 is 13.9 Å². The number of benzene rings is 1. The highest BCUT2D eigenvalue weighted by molar-refractivity contribution is 5.84. The maximum atomic E-state index is 12.9. The largest absolute Gasteiger partial charge is 0.392 e. The van der Waals surface area contributed by atoms with Gasteiger partial charge in [0.15, 0.2) is 17.3 Å². The van der Waals surface area contributed by atoms with Crippen LogP contribution in [-0.2, 0) is 6.61 Å². The number of rotatable bonds is 5. The van der Waals surface area contributed by atoms with Crippen LogP contribution in [0, 0.1) is 0 Å². The Labute approximate surface area is 193 Å². The molecule has 0 spiro atoms. The number of anilines is 1. The normalized spacial score (nSPS) is 11.0. The molecule has 0 aliphatic heterocycles. The molecule has 1 aromatic carbocycles. The van der Waals surface area contributed by atoms with Crippen molar-refractivity contribution in [2.24, 2.45) is 0 Å². The predicted molar refractivity (Wildman–Crippen MR) is 124 cm³/mol. The van der Waals surface area contributed by atoms with E-state index in [0.29, 0.717) is 38.7 Å². The minimum absolute atomic E-state index is 0.0676. The Morgan fingerprint density at radius 1 is 1.00 bits per heavy atom. The number of aliphatic hydroxyl groups is 1. The van der Waals surface area contributed by atoms with Crippen LogP contribution in [0.3, 0.4) is 0 Å². The fourth-order valence-corrected chi connectivity index (χ4v) is 3.35. The number of fused-ring (bicyclic) bond motifs is 1. The lowest BCUT2D eigenvalue weighted by atomic mass is 10.2. The van der Waals surface area contributed by atoms with Gasteiger partial charge in [-0.3, -0.25) is 4.57 Å². The Bertz CT molecular complexity index is 1410. The maximum Gasteiger partial charge on any atom is 0.334 e. The van der Waals surface area contributed by atoms with Crippen molar-refractivity contribution in [3.8, 4) is 28.6 Å². The number of aliphatic hydroxyl groups excluding tert-OH is 1. The van der Waals surface area contributed by atoms with E-state index in [0.717, 1.165) is 17.6 Å². The van der Waals surface area contributed by atoms with Crippen LogP contribution in [0.5, 0.6) is 0 Å². The zero-order valence-electron chi connectivity index (χ0n) is 18.5. The van der Waals surface area contributed by atoms with E-state index in [-0.39, 0.29) is 12.4 Å². The van der Waals surface area contributed by atoms with E-state index < -0.39 is 6.55 Å². The minimum Gasteiger partial charge on any atom is -0.392 e. The first kappa shape index (κ1) is 22.9. The van der Waals surface area contributed by atoms with Crippen molar-refractivity contribution in [3.05, 3.63) is 66.6 Å². The van der Waals surface area contributed by atoms with Gasteiger partial charge in [0.2, 0.25) is 0 Å². The van der Waals surface area contributed by atoms with Crippen LogP contribution in [0.4, 0.5) is 14.6 Å². The molecule has 34 heavy (non-hydrogen) atoms. The molecule has 0 bridgehead atoms. The van der Waals surface area contributed by atoms with Crippen LogP contribution < -0.4 is 5.73 Å². The molecule has 174 valence electrons. The zero-order chi connectivity index (χ0) is 24.2. The summed E-state index contributed by atoms with van der Waals surface area (Å²) in [6, 6.07) is 14.1. The molecule has 9 nitrogen and oxygen atoms in total. The third-order valence-electron chi connectivity index (χ3n) is 4.90. The maximum absolute atomic E-state index is 12.9. The van der Waals surface area contributed by atoms with Crippen LogP contribution in [0.1, 0.15) is 26.0 Å². The first-order valence-electron chi connectivity index (χ1n) is 10.6. The number of pyridine rings is 2. The van der Waals surface area contributed by atoms with E-state index in [9.17, 15) is 13.9 Å². The molecule has 0 amide bonds. The Balaban J connectivity index is 0.00000133. The number of aromatic nitrogens is 7. The van der Waals surface area contributed by atoms with E-state index >= 15 is 0 Å². The molecular weight excluding hydrogens is 442 g/mol. The second-order valence-electron chi connectivity index (χ2n) is 6.90. The molecule has 0 fully saturated rings. The molecule has 11 heteroatoms. The predicted octanol–water partition coefficient (Wildman–Crippen LogP) is 4.24. The fourth-order valence-electron chi connectivity index (χ4n) is 3.35. The van der Waals surface area contributed by atoms with Crippen LogP contribution in [0.2, 0.25) is 0 Å². The van der Waals surface area contributed by atoms with Gasteiger partial charge in [0.05, 0.1) is 12.2 Å². The third kappa shape index (κ3) is 4.20. The van der Waals surface area contributed by atoms with Crippen molar-refractivity contribution in [2.45, 2.75) is 27.0 Å². The second-order valence-corrected chi connectivity index (χ2v) is 6.90. The summed E-state index contributed by atoms with van der Waals surface area (Å²) in [5.74, 6) is 0.879. The van der Waals surface area contributed by atoms with Crippen molar-refractivity contribution in [2.75, 3.05) is 5.73 Å². The number of hydrogen-bond donors (Lipinski definition) is 2. The van der Waals surface area contributed by atoms with Gasteiger partial charge in [-0.15, -0.1) is 5.10 Å². The Morgan fingerprint density at radius 3 is 2.41 bits per heavy atom. The lowest BCUT2D eigenvalue weighted by Crippen LogP contribution is -2.02. The number of halogens is 2. The highest BCUT2D eigenvalue weighted by Gasteiger charge is 2.20. The SMILES string of the molecule is CC.Nc1ncccc1-c1nc2ccc(-c3ncn(C(F)F)n3)nc2n1-c1ccc(CO)cc1. The molecule has 0 aliphatic rings. The monoisotopic (exact) mass is 464 g/mol. The molecule has 5 aromatic rings. The summed E-state index contributed by atoms with van der Waals surface area (Å²) >= 11 is 0. The summed E-state index contributed by atoms with van der Waals surface area (Å²) in [4.78, 5) is 17.4. The Kier molecular flexibility index (Phi) is 6.55. The van der Waals surface area contributed by atoms with Gasteiger partial charge < -0.3 is 10.8 Å². The summed E-state index contributed by atoms with van der Waals surface area (Å²) in [5.41, 5.74) is 9.53. The van der Waals surface area contributed by atoms with Gasteiger partial charge in [-0.2, -0.15) is 13.5 Å². The lowest BCUT2D eigenvalue weighted by molar-refractivity contribution is 0.0564. The number of alkyl halides is 2. The molecule has 5 rings (SSSR count). The van der Waals surface area contributed by atoms with Gasteiger partial charge in [0.1, 0.15) is 23.4 Å². The highest BCUT2D eigenvalue weighted by atomic mass is 19.3. The minimum atomic E-state index is -2.80. The first-order chi connectivity index (χ1) is 16.5. The molecule has 0 radical (unpaired) electrons. The van der Waals surface area contributed by atoms with E-state index in [1.807, 2.05) is 26.0 Å². The molecule has 4 heterocycles. The standard InChI is InChI=1S/C21H16F2N8O.C2H6/c22-21(23)30-11-26-18(29-30)15-7-8-16-20(27-15)31(13-5-3-12(10-32)4-6-13)19(28-16)14-2-1-9-25-17(14)24;1-2/h1-9,11,21,32H,10H2,(H2,24,25);1-2H3. The second kappa shape index (κ2) is 9.71. The van der Waals surface area contributed by atoms with Gasteiger partial charge in [-0.25, -0.2) is 19.9 Å². The van der Waals surface area contributed by atoms with E-state index in [4.69, 9.17) is 10.7 Å². The summed E-state index contributed by atoms with van der Waals surface area (Å²) < 4.78 is 28.1. The van der Waals surface area contributed by atoms with E-state index in [1.165, 1.54) is 0 Å².